The molecule has 10 heteroatoms. The van der Waals surface area contributed by atoms with Crippen molar-refractivity contribution >= 4 is 16.1 Å². The van der Waals surface area contributed by atoms with Crippen LogP contribution in [0.5, 0.6) is 5.75 Å². The molecule has 0 fully saturated rings. The van der Waals surface area contributed by atoms with Gasteiger partial charge in [0.1, 0.15) is 5.75 Å². The summed E-state index contributed by atoms with van der Waals surface area (Å²) in [6.45, 7) is 1.58. The van der Waals surface area contributed by atoms with Gasteiger partial charge in [0.15, 0.2) is 0 Å². The van der Waals surface area contributed by atoms with Gasteiger partial charge in [-0.1, -0.05) is 17.7 Å². The number of benzene rings is 1. The van der Waals surface area contributed by atoms with Gasteiger partial charge < -0.3 is 14.2 Å². The van der Waals surface area contributed by atoms with E-state index < -0.39 is 21.3 Å². The van der Waals surface area contributed by atoms with Crippen molar-refractivity contribution < 1.29 is 40.8 Å². The third kappa shape index (κ3) is 4.44. The summed E-state index contributed by atoms with van der Waals surface area (Å²) in [5, 5.41) is -5.09. The molecule has 0 saturated carbocycles. The van der Waals surface area contributed by atoms with E-state index in [2.05, 4.69) is 4.74 Å². The van der Waals surface area contributed by atoms with Crippen LogP contribution in [0.2, 0.25) is 0 Å². The zero-order valence-corrected chi connectivity index (χ0v) is 13.4. The Labute approximate surface area is 131 Å². The first kappa shape index (κ1) is 19.4. The van der Waals surface area contributed by atoms with E-state index in [4.69, 9.17) is 14.0 Å². The van der Waals surface area contributed by atoms with Gasteiger partial charge in [-0.25, -0.2) is 4.79 Å². The first-order chi connectivity index (χ1) is 10.5. The number of hydrogen-bond acceptors (Lipinski definition) is 6. The highest BCUT2D eigenvalue weighted by molar-refractivity contribution is 7.87. The molecule has 23 heavy (non-hydrogen) atoms. The third-order valence-electron chi connectivity index (χ3n) is 2.74. The number of aryl methyl sites for hydroxylation is 1. The molecule has 1 aromatic carbocycles. The van der Waals surface area contributed by atoms with Crippen LogP contribution in [0.1, 0.15) is 16.7 Å². The summed E-state index contributed by atoms with van der Waals surface area (Å²) in [5.74, 6) is -2.72. The molecule has 0 amide bonds. The van der Waals surface area contributed by atoms with Gasteiger partial charge in [-0.15, -0.1) is 0 Å². The Morgan fingerprint density at radius 2 is 1.61 bits per heavy atom. The minimum absolute atomic E-state index is 0.0710. The third-order valence-corrected chi connectivity index (χ3v) is 3.56. The molecule has 0 unspecified atom stereocenters. The minimum Gasteiger partial charge on any atom is -0.420 e. The predicted molar refractivity (Wildman–Crippen MR) is 74.7 cm³/mol. The van der Waals surface area contributed by atoms with Gasteiger partial charge >= 0.3 is 21.3 Å². The van der Waals surface area contributed by atoms with Gasteiger partial charge in [0.2, 0.25) is 0 Å². The fourth-order valence-corrected chi connectivity index (χ4v) is 2.09. The highest BCUT2D eigenvalue weighted by Crippen LogP contribution is 2.31. The fourth-order valence-electron chi connectivity index (χ4n) is 1.84. The van der Waals surface area contributed by atoms with Gasteiger partial charge in [-0.3, -0.25) is 4.55 Å². The van der Waals surface area contributed by atoms with E-state index in [0.717, 1.165) is 5.56 Å². The highest BCUT2D eigenvalue weighted by atomic mass is 32.2. The SMILES string of the molecule is COCc1cc(C)cc(COC)c1OC(=O)C(F)(F)S(=O)(=O)O. The second-order valence-corrected chi connectivity index (χ2v) is 6.12. The van der Waals surface area contributed by atoms with E-state index in [1.165, 1.54) is 26.4 Å². The van der Waals surface area contributed by atoms with Crippen LogP contribution < -0.4 is 4.74 Å². The number of ether oxygens (including phenoxy) is 3. The summed E-state index contributed by atoms with van der Waals surface area (Å²) < 4.78 is 70.7. The van der Waals surface area contributed by atoms with Crippen molar-refractivity contribution in [3.63, 3.8) is 0 Å². The molecule has 0 aliphatic rings. The van der Waals surface area contributed by atoms with Gasteiger partial charge in [-0.2, -0.15) is 17.2 Å². The normalized spacial score (nSPS) is 12.3. The van der Waals surface area contributed by atoms with Crippen molar-refractivity contribution in [3.05, 3.63) is 28.8 Å². The number of rotatable bonds is 7. The smallest absolute Gasteiger partial charge is 0.420 e. The number of carbonyl (C=O) groups is 1. The van der Waals surface area contributed by atoms with Crippen LogP contribution in [-0.4, -0.2) is 38.4 Å². The Morgan fingerprint density at radius 1 is 1.17 bits per heavy atom. The summed E-state index contributed by atoms with van der Waals surface area (Å²) in [5.41, 5.74) is 1.23. The Bertz CT molecular complexity index is 659. The lowest BCUT2D eigenvalue weighted by Crippen LogP contribution is -2.40. The molecule has 1 rings (SSSR count). The van der Waals surface area contributed by atoms with Crippen LogP contribution in [-0.2, 0) is 37.6 Å². The molecule has 0 aliphatic heterocycles. The fraction of sp³-hybridized carbons (Fsp3) is 0.462. The number of halogens is 2. The van der Waals surface area contributed by atoms with Crippen molar-refractivity contribution in [1.29, 1.82) is 0 Å². The first-order valence-corrected chi connectivity index (χ1v) is 7.66. The molecule has 1 N–H and O–H groups in total. The second kappa shape index (κ2) is 7.30. The average Bonchev–Trinajstić information content (AvgIpc) is 2.41. The quantitative estimate of drug-likeness (QED) is 0.452. The number of alkyl halides is 2. The van der Waals surface area contributed by atoms with Crippen LogP contribution in [0.15, 0.2) is 12.1 Å². The molecular weight excluding hydrogens is 338 g/mol. The Morgan fingerprint density at radius 3 is 1.96 bits per heavy atom. The van der Waals surface area contributed by atoms with Crippen LogP contribution in [0.25, 0.3) is 0 Å². The molecule has 1 aromatic rings. The van der Waals surface area contributed by atoms with Gasteiger partial charge in [0, 0.05) is 25.3 Å². The van der Waals surface area contributed by atoms with Crippen molar-refractivity contribution in [3.8, 4) is 5.75 Å². The van der Waals surface area contributed by atoms with Crippen molar-refractivity contribution in [1.82, 2.24) is 0 Å². The Balaban J connectivity index is 3.32. The minimum atomic E-state index is -5.95. The molecule has 0 aliphatic carbocycles. The van der Waals surface area contributed by atoms with E-state index in [1.807, 2.05) is 0 Å². The van der Waals surface area contributed by atoms with Gasteiger partial charge in [-0.05, 0) is 6.92 Å². The lowest BCUT2D eigenvalue weighted by Gasteiger charge is -2.17. The maximum absolute atomic E-state index is 13.3. The van der Waals surface area contributed by atoms with Crippen molar-refractivity contribution in [2.45, 2.75) is 25.4 Å². The van der Waals surface area contributed by atoms with Crippen LogP contribution >= 0.6 is 0 Å². The van der Waals surface area contributed by atoms with Crippen molar-refractivity contribution in [2.24, 2.45) is 0 Å². The molecule has 0 saturated heterocycles. The number of methoxy groups -OCH3 is 2. The lowest BCUT2D eigenvalue weighted by atomic mass is 10.1. The summed E-state index contributed by atoms with van der Waals surface area (Å²) in [7, 11) is -3.26. The summed E-state index contributed by atoms with van der Waals surface area (Å²) in [6.07, 6.45) is 0. The average molecular weight is 354 g/mol. The zero-order chi connectivity index (χ0) is 17.8. The molecule has 0 radical (unpaired) electrons. The monoisotopic (exact) mass is 354 g/mol. The van der Waals surface area contributed by atoms with E-state index in [1.54, 1.807) is 6.92 Å². The van der Waals surface area contributed by atoms with Gasteiger partial charge in [0.25, 0.3) is 0 Å². The topological polar surface area (TPSA) is 99.1 Å². The number of carbonyl (C=O) groups excluding carboxylic acids is 1. The van der Waals surface area contributed by atoms with E-state index >= 15 is 0 Å². The molecule has 7 nitrogen and oxygen atoms in total. The summed E-state index contributed by atoms with van der Waals surface area (Å²) >= 11 is 0. The number of esters is 1. The van der Waals surface area contributed by atoms with Crippen LogP contribution in [0.3, 0.4) is 0 Å². The van der Waals surface area contributed by atoms with Crippen molar-refractivity contribution in [2.75, 3.05) is 14.2 Å². The Kier molecular flexibility index (Phi) is 6.17. The lowest BCUT2D eigenvalue weighted by molar-refractivity contribution is -0.151. The molecule has 0 spiro atoms. The second-order valence-electron chi connectivity index (χ2n) is 4.66. The molecule has 0 heterocycles. The molecule has 0 atom stereocenters. The van der Waals surface area contributed by atoms with E-state index in [9.17, 15) is 22.0 Å². The maximum atomic E-state index is 13.3. The molecule has 0 aromatic heterocycles. The van der Waals surface area contributed by atoms with E-state index in [-0.39, 0.29) is 30.1 Å². The van der Waals surface area contributed by atoms with Gasteiger partial charge in [0.05, 0.1) is 13.2 Å². The summed E-state index contributed by atoms with van der Waals surface area (Å²) in [4.78, 5) is 11.5. The first-order valence-electron chi connectivity index (χ1n) is 6.22. The summed E-state index contributed by atoms with van der Waals surface area (Å²) in [6, 6.07) is 3.05. The van der Waals surface area contributed by atoms with Crippen LogP contribution in [0.4, 0.5) is 8.78 Å². The van der Waals surface area contributed by atoms with Crippen LogP contribution in [0, 0.1) is 6.92 Å². The largest absolute Gasteiger partial charge is 0.466 e. The standard InChI is InChI=1S/C13H16F2O7S/c1-8-4-9(6-20-2)11(10(5-8)7-21-3)22-12(16)13(14,15)23(17,18)19/h4-5H,6-7H2,1-3H3,(H,17,18,19). The predicted octanol–water partition coefficient (Wildman–Crippen LogP) is 1.67. The van der Waals surface area contributed by atoms with E-state index in [0.29, 0.717) is 0 Å². The highest BCUT2D eigenvalue weighted by Gasteiger charge is 2.54. The molecule has 0 bridgehead atoms. The maximum Gasteiger partial charge on any atom is 0.466 e. The number of hydrogen-bond donors (Lipinski definition) is 1. The molecule has 130 valence electrons. The molecular formula is C13H16F2O7S. The Hall–Kier alpha value is -1.62. The zero-order valence-electron chi connectivity index (χ0n) is 12.6.